The van der Waals surface area contributed by atoms with Crippen molar-refractivity contribution in [2.75, 3.05) is 0 Å². The predicted molar refractivity (Wildman–Crippen MR) is 70.7 cm³/mol. The summed E-state index contributed by atoms with van der Waals surface area (Å²) in [5.74, 6) is 0.163. The van der Waals surface area contributed by atoms with Crippen molar-refractivity contribution in [3.8, 4) is 0 Å². The largest absolute Gasteiger partial charge is 0.349 e. The molecule has 0 aliphatic heterocycles. The Bertz CT molecular complexity index is 396. The summed E-state index contributed by atoms with van der Waals surface area (Å²) in [6, 6.07) is 2.54. The van der Waals surface area contributed by atoms with Crippen LogP contribution in [0.15, 0.2) is 6.07 Å². The van der Waals surface area contributed by atoms with Gasteiger partial charge in [0.1, 0.15) is 0 Å². The smallest absolute Gasteiger partial charge is 0.261 e. The fourth-order valence-corrected chi connectivity index (χ4v) is 4.10. The first-order chi connectivity index (χ1) is 8.33. The van der Waals surface area contributed by atoms with Crippen LogP contribution in [0.3, 0.4) is 0 Å². The number of fused-ring (bicyclic) bond motifs is 1. The van der Waals surface area contributed by atoms with Crippen LogP contribution >= 0.6 is 11.3 Å². The third-order valence-corrected chi connectivity index (χ3v) is 5.15. The summed E-state index contributed by atoms with van der Waals surface area (Å²) in [6.07, 6.45) is 9.82. The second-order valence-corrected chi connectivity index (χ2v) is 6.36. The summed E-state index contributed by atoms with van der Waals surface area (Å²) >= 11 is 1.71. The minimum absolute atomic E-state index is 0.163. The number of rotatable bonds is 2. The highest BCUT2D eigenvalue weighted by Gasteiger charge is 2.21. The van der Waals surface area contributed by atoms with Crippen LogP contribution in [0.2, 0.25) is 0 Å². The van der Waals surface area contributed by atoms with E-state index >= 15 is 0 Å². The number of hydrogen-bond acceptors (Lipinski definition) is 2. The number of aryl methyl sites for hydroxylation is 2. The summed E-state index contributed by atoms with van der Waals surface area (Å²) in [7, 11) is 0. The third-order valence-electron chi connectivity index (χ3n) is 3.91. The Balaban J connectivity index is 1.64. The zero-order valence-electron chi connectivity index (χ0n) is 10.1. The Labute approximate surface area is 106 Å². The zero-order chi connectivity index (χ0) is 11.7. The molecule has 1 heterocycles. The number of carbonyl (C=O) groups is 1. The average molecular weight is 249 g/mol. The Kier molecular flexibility index (Phi) is 3.19. The molecule has 1 saturated carbocycles. The minimum Gasteiger partial charge on any atom is -0.349 e. The SMILES string of the molecule is O=C(NC1CCCCC1)c1cc2c(s1)CCC2. The van der Waals surface area contributed by atoms with Crippen molar-refractivity contribution in [3.05, 3.63) is 21.4 Å². The van der Waals surface area contributed by atoms with Gasteiger partial charge in [-0.1, -0.05) is 19.3 Å². The van der Waals surface area contributed by atoms with Crippen molar-refractivity contribution >= 4 is 17.2 Å². The van der Waals surface area contributed by atoms with Crippen molar-refractivity contribution in [2.45, 2.75) is 57.4 Å². The van der Waals surface area contributed by atoms with Crippen LogP contribution in [0.1, 0.15) is 58.6 Å². The molecule has 0 spiro atoms. The number of amides is 1. The molecule has 0 unspecified atom stereocenters. The fraction of sp³-hybridized carbons (Fsp3) is 0.643. The van der Waals surface area contributed by atoms with Crippen molar-refractivity contribution in [3.63, 3.8) is 0 Å². The van der Waals surface area contributed by atoms with Crippen LogP contribution < -0.4 is 5.32 Å². The van der Waals surface area contributed by atoms with Crippen molar-refractivity contribution in [2.24, 2.45) is 0 Å². The lowest BCUT2D eigenvalue weighted by Crippen LogP contribution is -2.35. The topological polar surface area (TPSA) is 29.1 Å². The molecular weight excluding hydrogens is 230 g/mol. The molecular formula is C14H19NOS. The maximum Gasteiger partial charge on any atom is 0.261 e. The molecule has 92 valence electrons. The molecule has 3 heteroatoms. The molecule has 0 atom stereocenters. The van der Waals surface area contributed by atoms with Gasteiger partial charge in [-0.05, 0) is 43.7 Å². The molecule has 3 rings (SSSR count). The highest BCUT2D eigenvalue weighted by Crippen LogP contribution is 2.30. The van der Waals surface area contributed by atoms with Gasteiger partial charge in [-0.2, -0.15) is 0 Å². The first-order valence-electron chi connectivity index (χ1n) is 6.75. The average Bonchev–Trinajstić information content (AvgIpc) is 2.90. The second kappa shape index (κ2) is 4.81. The van der Waals surface area contributed by atoms with E-state index in [-0.39, 0.29) is 5.91 Å². The second-order valence-electron chi connectivity index (χ2n) is 5.22. The van der Waals surface area contributed by atoms with E-state index < -0.39 is 0 Å². The van der Waals surface area contributed by atoms with Crippen LogP contribution in [0.25, 0.3) is 0 Å². The van der Waals surface area contributed by atoms with Gasteiger partial charge in [0.15, 0.2) is 0 Å². The van der Waals surface area contributed by atoms with Gasteiger partial charge >= 0.3 is 0 Å². The van der Waals surface area contributed by atoms with E-state index in [2.05, 4.69) is 11.4 Å². The van der Waals surface area contributed by atoms with E-state index in [0.717, 1.165) is 17.7 Å². The van der Waals surface area contributed by atoms with E-state index in [1.807, 2.05) is 0 Å². The van der Waals surface area contributed by atoms with Crippen LogP contribution in [0.5, 0.6) is 0 Å². The minimum atomic E-state index is 0.163. The maximum absolute atomic E-state index is 12.1. The number of hydrogen-bond donors (Lipinski definition) is 1. The highest BCUT2D eigenvalue weighted by molar-refractivity contribution is 7.14. The highest BCUT2D eigenvalue weighted by atomic mass is 32.1. The quantitative estimate of drug-likeness (QED) is 0.856. The number of nitrogens with one attached hydrogen (secondary N) is 1. The van der Waals surface area contributed by atoms with Gasteiger partial charge in [-0.3, -0.25) is 4.79 Å². The van der Waals surface area contributed by atoms with E-state index in [4.69, 9.17) is 0 Å². The van der Waals surface area contributed by atoms with Gasteiger partial charge in [-0.25, -0.2) is 0 Å². The van der Waals surface area contributed by atoms with Gasteiger partial charge in [0.05, 0.1) is 4.88 Å². The maximum atomic E-state index is 12.1. The number of carbonyl (C=O) groups excluding carboxylic acids is 1. The molecule has 1 N–H and O–H groups in total. The molecule has 17 heavy (non-hydrogen) atoms. The molecule has 1 aromatic rings. The van der Waals surface area contributed by atoms with Gasteiger partial charge < -0.3 is 5.32 Å². The molecule has 0 radical (unpaired) electrons. The molecule has 1 fully saturated rings. The van der Waals surface area contributed by atoms with Crippen LogP contribution in [-0.2, 0) is 12.8 Å². The standard InChI is InChI=1S/C14H19NOS/c16-14(15-11-6-2-1-3-7-11)13-9-10-5-4-8-12(10)17-13/h9,11H,1-8H2,(H,15,16). The predicted octanol–water partition coefficient (Wildman–Crippen LogP) is 3.30. The van der Waals surface area contributed by atoms with E-state index in [1.165, 1.54) is 49.0 Å². The first-order valence-corrected chi connectivity index (χ1v) is 7.57. The van der Waals surface area contributed by atoms with E-state index in [1.54, 1.807) is 11.3 Å². The molecule has 2 aliphatic carbocycles. The van der Waals surface area contributed by atoms with Crippen LogP contribution in [0, 0.1) is 0 Å². The Morgan fingerprint density at radius 1 is 1.18 bits per heavy atom. The van der Waals surface area contributed by atoms with Gasteiger partial charge in [0, 0.05) is 10.9 Å². The Morgan fingerprint density at radius 3 is 2.76 bits per heavy atom. The summed E-state index contributed by atoms with van der Waals surface area (Å²) in [4.78, 5) is 14.5. The van der Waals surface area contributed by atoms with Gasteiger partial charge in [-0.15, -0.1) is 11.3 Å². The normalized spacial score (nSPS) is 20.2. The fourth-order valence-electron chi connectivity index (χ4n) is 2.94. The molecule has 0 aromatic carbocycles. The molecule has 2 aliphatic rings. The van der Waals surface area contributed by atoms with Gasteiger partial charge in [0.25, 0.3) is 5.91 Å². The summed E-state index contributed by atoms with van der Waals surface area (Å²) < 4.78 is 0. The molecule has 0 bridgehead atoms. The van der Waals surface area contributed by atoms with Crippen LogP contribution in [0.4, 0.5) is 0 Å². The summed E-state index contributed by atoms with van der Waals surface area (Å²) in [5.41, 5.74) is 1.42. The zero-order valence-corrected chi connectivity index (χ0v) is 10.9. The molecule has 1 amide bonds. The van der Waals surface area contributed by atoms with E-state index in [9.17, 15) is 4.79 Å². The molecule has 2 nitrogen and oxygen atoms in total. The summed E-state index contributed by atoms with van der Waals surface area (Å²) in [6.45, 7) is 0. The van der Waals surface area contributed by atoms with Crippen molar-refractivity contribution in [1.29, 1.82) is 0 Å². The molecule has 0 saturated heterocycles. The Morgan fingerprint density at radius 2 is 2.00 bits per heavy atom. The lowest BCUT2D eigenvalue weighted by molar-refractivity contribution is 0.0932. The van der Waals surface area contributed by atoms with Gasteiger partial charge in [0.2, 0.25) is 0 Å². The van der Waals surface area contributed by atoms with E-state index in [0.29, 0.717) is 6.04 Å². The lowest BCUT2D eigenvalue weighted by Gasteiger charge is -2.22. The first kappa shape index (κ1) is 11.3. The summed E-state index contributed by atoms with van der Waals surface area (Å²) in [5, 5.41) is 3.20. The number of thiophene rings is 1. The Hall–Kier alpha value is -0.830. The monoisotopic (exact) mass is 249 g/mol. The lowest BCUT2D eigenvalue weighted by atomic mass is 9.95. The van der Waals surface area contributed by atoms with Crippen molar-refractivity contribution < 1.29 is 4.79 Å². The molecule has 1 aromatic heterocycles. The third kappa shape index (κ3) is 2.39. The van der Waals surface area contributed by atoms with Crippen molar-refractivity contribution in [1.82, 2.24) is 5.32 Å². The van der Waals surface area contributed by atoms with Crippen LogP contribution in [-0.4, -0.2) is 11.9 Å².